The largest absolute Gasteiger partial charge is 0.480 e. The zero-order chi connectivity index (χ0) is 16.5. The quantitative estimate of drug-likeness (QED) is 0.658. The molecule has 1 saturated heterocycles. The van der Waals surface area contributed by atoms with Crippen LogP contribution in [0.2, 0.25) is 0 Å². The number of nitrogens with one attached hydrogen (secondary N) is 1. The Morgan fingerprint density at radius 1 is 1.45 bits per heavy atom. The van der Waals surface area contributed by atoms with Gasteiger partial charge < -0.3 is 24.8 Å². The van der Waals surface area contributed by atoms with Gasteiger partial charge >= 0.3 is 12.1 Å². The van der Waals surface area contributed by atoms with Gasteiger partial charge in [0.25, 0.3) is 0 Å². The molecular formula is C14H22N2O6. The molecule has 1 fully saturated rings. The lowest BCUT2D eigenvalue weighted by Crippen LogP contribution is -2.42. The maximum atomic E-state index is 11.6. The molecule has 0 aromatic heterocycles. The van der Waals surface area contributed by atoms with Crippen LogP contribution in [0.3, 0.4) is 0 Å². The molecule has 1 rings (SSSR count). The number of aliphatic carboxylic acids is 1. The Morgan fingerprint density at radius 3 is 2.73 bits per heavy atom. The maximum absolute atomic E-state index is 11.6. The van der Waals surface area contributed by atoms with E-state index in [9.17, 15) is 14.4 Å². The number of nitrogens with zero attached hydrogens (tertiary/aromatic N) is 1. The lowest BCUT2D eigenvalue weighted by molar-refractivity contribution is -0.139. The summed E-state index contributed by atoms with van der Waals surface area (Å²) in [6.45, 7) is 0.867. The minimum Gasteiger partial charge on any atom is -0.480 e. The molecule has 8 nitrogen and oxygen atoms in total. The number of alkyl carbamates (subject to hydrolysis) is 1. The van der Waals surface area contributed by atoms with Gasteiger partial charge in [-0.25, -0.2) is 9.59 Å². The number of likely N-dealkylation sites (N-methyl/N-ethyl adjacent to an activating group) is 1. The van der Waals surface area contributed by atoms with E-state index >= 15 is 0 Å². The first-order valence-corrected chi connectivity index (χ1v) is 7.05. The van der Waals surface area contributed by atoms with E-state index in [1.54, 1.807) is 20.2 Å². The van der Waals surface area contributed by atoms with E-state index in [2.05, 4.69) is 5.32 Å². The molecule has 2 N–H and O–H groups in total. The van der Waals surface area contributed by atoms with E-state index in [1.165, 1.54) is 11.0 Å². The Labute approximate surface area is 129 Å². The molecule has 124 valence electrons. The van der Waals surface area contributed by atoms with Crippen molar-refractivity contribution >= 4 is 18.0 Å². The summed E-state index contributed by atoms with van der Waals surface area (Å²) in [5.41, 5.74) is 0. The van der Waals surface area contributed by atoms with Crippen molar-refractivity contribution in [3.05, 3.63) is 12.2 Å². The molecule has 0 saturated carbocycles. The molecule has 2 amide bonds. The zero-order valence-electron chi connectivity index (χ0n) is 12.8. The molecule has 0 aromatic carbocycles. The third-order valence-corrected chi connectivity index (χ3v) is 3.07. The molecular weight excluding hydrogens is 292 g/mol. The van der Waals surface area contributed by atoms with Crippen LogP contribution in [0.5, 0.6) is 0 Å². The number of rotatable bonds is 7. The van der Waals surface area contributed by atoms with Gasteiger partial charge in [0.05, 0.1) is 13.2 Å². The molecule has 0 aliphatic carbocycles. The van der Waals surface area contributed by atoms with E-state index in [1.807, 2.05) is 0 Å². The molecule has 1 heterocycles. The summed E-state index contributed by atoms with van der Waals surface area (Å²) in [5.74, 6) is -1.33. The van der Waals surface area contributed by atoms with Crippen molar-refractivity contribution in [3.63, 3.8) is 0 Å². The number of carbonyl (C=O) groups is 3. The van der Waals surface area contributed by atoms with Crippen molar-refractivity contribution in [3.8, 4) is 0 Å². The average molecular weight is 314 g/mol. The second-order valence-electron chi connectivity index (χ2n) is 5.14. The highest BCUT2D eigenvalue weighted by atomic mass is 16.6. The molecule has 2 atom stereocenters. The third-order valence-electron chi connectivity index (χ3n) is 3.07. The van der Waals surface area contributed by atoms with Gasteiger partial charge in [-0.3, -0.25) is 4.79 Å². The fourth-order valence-corrected chi connectivity index (χ4v) is 1.79. The Bertz CT molecular complexity index is 429. The van der Waals surface area contributed by atoms with Gasteiger partial charge in [-0.15, -0.1) is 0 Å². The van der Waals surface area contributed by atoms with Gasteiger partial charge in [-0.1, -0.05) is 6.08 Å². The highest BCUT2D eigenvalue weighted by Gasteiger charge is 2.24. The molecule has 1 unspecified atom stereocenters. The molecule has 0 spiro atoms. The summed E-state index contributed by atoms with van der Waals surface area (Å²) in [6.07, 6.45) is 2.99. The lowest BCUT2D eigenvalue weighted by atomic mass is 10.1. The zero-order valence-corrected chi connectivity index (χ0v) is 12.8. The Morgan fingerprint density at radius 2 is 2.18 bits per heavy atom. The fourth-order valence-electron chi connectivity index (χ4n) is 1.79. The van der Waals surface area contributed by atoms with Gasteiger partial charge in [0, 0.05) is 20.5 Å². The highest BCUT2D eigenvalue weighted by Crippen LogP contribution is 2.09. The van der Waals surface area contributed by atoms with Crippen LogP contribution < -0.4 is 5.32 Å². The van der Waals surface area contributed by atoms with Gasteiger partial charge in [0.1, 0.15) is 12.1 Å². The fraction of sp³-hybridized carbons (Fsp3) is 0.643. The topological polar surface area (TPSA) is 105 Å². The number of allylic oxidation sites excluding steroid dienone is 1. The normalized spacial score (nSPS) is 18.9. The highest BCUT2D eigenvalue weighted by molar-refractivity contribution is 5.87. The van der Waals surface area contributed by atoms with E-state index in [4.69, 9.17) is 14.6 Å². The summed E-state index contributed by atoms with van der Waals surface area (Å²) < 4.78 is 10.1. The van der Waals surface area contributed by atoms with Crippen LogP contribution in [0.25, 0.3) is 0 Å². The number of amides is 2. The van der Waals surface area contributed by atoms with Crippen molar-refractivity contribution in [1.29, 1.82) is 0 Å². The molecule has 0 bridgehead atoms. The van der Waals surface area contributed by atoms with Crippen LogP contribution in [-0.2, 0) is 19.1 Å². The number of carbonyl (C=O) groups excluding carboxylic acids is 2. The Balaban J connectivity index is 2.36. The van der Waals surface area contributed by atoms with Crippen LogP contribution in [0.15, 0.2) is 12.2 Å². The predicted molar refractivity (Wildman–Crippen MR) is 77.3 cm³/mol. The first-order chi connectivity index (χ1) is 10.4. The van der Waals surface area contributed by atoms with Gasteiger partial charge in [-0.2, -0.15) is 0 Å². The number of ether oxygens (including phenoxy) is 2. The number of hydrogen-bond donors (Lipinski definition) is 2. The van der Waals surface area contributed by atoms with Crippen molar-refractivity contribution in [2.45, 2.75) is 31.4 Å². The second kappa shape index (κ2) is 9.04. The first-order valence-electron chi connectivity index (χ1n) is 7.05. The molecule has 8 heteroatoms. The van der Waals surface area contributed by atoms with Crippen molar-refractivity contribution < 1.29 is 29.0 Å². The SMILES string of the molecule is CN(C)C(=O)/C=C/CC[C@H](NC(=O)OC1CCOC1)C(=O)O. The monoisotopic (exact) mass is 314 g/mol. The van der Waals surface area contributed by atoms with Gasteiger partial charge in [-0.05, 0) is 18.9 Å². The van der Waals surface area contributed by atoms with Crippen LogP contribution in [-0.4, -0.2) is 67.4 Å². The van der Waals surface area contributed by atoms with E-state index < -0.39 is 18.1 Å². The predicted octanol–water partition coefficient (Wildman–Crippen LogP) is 0.379. The van der Waals surface area contributed by atoms with E-state index in [0.717, 1.165) is 0 Å². The molecule has 0 radical (unpaired) electrons. The average Bonchev–Trinajstić information content (AvgIpc) is 2.94. The molecule has 22 heavy (non-hydrogen) atoms. The summed E-state index contributed by atoms with van der Waals surface area (Å²) in [5, 5.41) is 11.4. The second-order valence-corrected chi connectivity index (χ2v) is 5.14. The Kier molecular flexibility index (Phi) is 7.38. The molecule has 0 aromatic rings. The smallest absolute Gasteiger partial charge is 0.408 e. The van der Waals surface area contributed by atoms with Gasteiger partial charge in [0.2, 0.25) is 5.91 Å². The lowest BCUT2D eigenvalue weighted by Gasteiger charge is -2.16. The standard InChI is InChI=1S/C14H22N2O6/c1-16(2)12(17)6-4-3-5-11(13(18)19)15-14(20)22-10-7-8-21-9-10/h4,6,10-11H,3,5,7-9H2,1-2H3,(H,15,20)(H,18,19)/b6-4+/t10?,11-/m0/s1. The number of carboxylic acids is 1. The Hall–Kier alpha value is -2.09. The summed E-state index contributed by atoms with van der Waals surface area (Å²) in [7, 11) is 3.24. The minimum atomic E-state index is -1.15. The number of hydrogen-bond acceptors (Lipinski definition) is 5. The molecule has 1 aliphatic heterocycles. The summed E-state index contributed by atoms with van der Waals surface area (Å²) in [4.78, 5) is 35.4. The van der Waals surface area contributed by atoms with Crippen molar-refractivity contribution in [1.82, 2.24) is 10.2 Å². The van der Waals surface area contributed by atoms with Crippen LogP contribution in [0.4, 0.5) is 4.79 Å². The molecule has 1 aliphatic rings. The van der Waals surface area contributed by atoms with Crippen LogP contribution in [0.1, 0.15) is 19.3 Å². The minimum absolute atomic E-state index is 0.169. The third kappa shape index (κ3) is 6.57. The van der Waals surface area contributed by atoms with Crippen LogP contribution >= 0.6 is 0 Å². The summed E-state index contributed by atoms with van der Waals surface area (Å²) in [6, 6.07) is -1.06. The van der Waals surface area contributed by atoms with Crippen molar-refractivity contribution in [2.24, 2.45) is 0 Å². The van der Waals surface area contributed by atoms with E-state index in [-0.39, 0.29) is 18.4 Å². The summed E-state index contributed by atoms with van der Waals surface area (Å²) >= 11 is 0. The maximum Gasteiger partial charge on any atom is 0.408 e. The van der Waals surface area contributed by atoms with Crippen LogP contribution in [0, 0.1) is 0 Å². The first kappa shape index (κ1) is 18.0. The van der Waals surface area contributed by atoms with Gasteiger partial charge in [0.15, 0.2) is 0 Å². The number of carboxylic acid groups (broad SMARTS) is 1. The van der Waals surface area contributed by atoms with Crippen molar-refractivity contribution in [2.75, 3.05) is 27.3 Å². The van der Waals surface area contributed by atoms with E-state index in [0.29, 0.717) is 26.1 Å².